The Balaban J connectivity index is 1.87. The summed E-state index contributed by atoms with van der Waals surface area (Å²) in [5.41, 5.74) is 0.364. The van der Waals surface area contributed by atoms with Crippen LogP contribution in [0, 0.1) is 11.6 Å². The molecule has 0 spiro atoms. The Morgan fingerprint density at radius 3 is 2.90 bits per heavy atom. The van der Waals surface area contributed by atoms with Gasteiger partial charge in [-0.1, -0.05) is 5.16 Å². The monoisotopic (exact) mass is 281 g/mol. The molecule has 5 nitrogen and oxygen atoms in total. The molecule has 2 aromatic rings. The first-order valence-corrected chi connectivity index (χ1v) is 6.29. The highest BCUT2D eigenvalue weighted by molar-refractivity contribution is 5.54. The number of nitrogens with zero attached hydrogens (tertiary/aromatic N) is 2. The predicted molar refractivity (Wildman–Crippen MR) is 65.8 cm³/mol. The van der Waals surface area contributed by atoms with E-state index < -0.39 is 11.6 Å². The van der Waals surface area contributed by atoms with Gasteiger partial charge < -0.3 is 14.6 Å². The lowest BCUT2D eigenvalue weighted by Gasteiger charge is -2.27. The van der Waals surface area contributed by atoms with Gasteiger partial charge in [-0.05, 0) is 25.1 Å². The van der Waals surface area contributed by atoms with Crippen molar-refractivity contribution < 1.29 is 18.0 Å². The molecule has 0 bridgehead atoms. The van der Waals surface area contributed by atoms with E-state index in [9.17, 15) is 8.78 Å². The van der Waals surface area contributed by atoms with Crippen LogP contribution in [0.5, 0.6) is 0 Å². The maximum atomic E-state index is 13.2. The first kappa shape index (κ1) is 13.1. The van der Waals surface area contributed by atoms with Crippen molar-refractivity contribution in [1.82, 2.24) is 15.5 Å². The fourth-order valence-electron chi connectivity index (χ4n) is 2.12. The van der Waals surface area contributed by atoms with Crippen LogP contribution < -0.4 is 5.32 Å². The molecule has 1 aromatic carbocycles. The number of morpholine rings is 1. The normalized spacial score (nSPS) is 22.9. The van der Waals surface area contributed by atoms with Crippen LogP contribution in [0.1, 0.15) is 18.9 Å². The molecule has 20 heavy (non-hydrogen) atoms. The lowest BCUT2D eigenvalue weighted by atomic mass is 10.1. The van der Waals surface area contributed by atoms with E-state index in [2.05, 4.69) is 15.5 Å². The average Bonchev–Trinajstić information content (AvgIpc) is 2.92. The maximum Gasteiger partial charge on any atom is 0.246 e. The van der Waals surface area contributed by atoms with Gasteiger partial charge in [0.15, 0.2) is 11.6 Å². The van der Waals surface area contributed by atoms with Crippen molar-refractivity contribution in [3.63, 3.8) is 0 Å². The summed E-state index contributed by atoms with van der Waals surface area (Å²) >= 11 is 0. The van der Waals surface area contributed by atoms with Crippen molar-refractivity contribution in [2.45, 2.75) is 19.1 Å². The molecule has 0 saturated carbocycles. The minimum Gasteiger partial charge on any atom is -0.375 e. The first-order chi connectivity index (χ1) is 9.65. The lowest BCUT2D eigenvalue weighted by Crippen LogP contribution is -2.40. The zero-order valence-electron chi connectivity index (χ0n) is 10.8. The first-order valence-electron chi connectivity index (χ1n) is 6.29. The number of nitrogens with one attached hydrogen (secondary N) is 1. The molecule has 1 aliphatic rings. The summed E-state index contributed by atoms with van der Waals surface area (Å²) in [6, 6.07) is 3.28. The van der Waals surface area contributed by atoms with Crippen LogP contribution in [-0.2, 0) is 4.74 Å². The molecule has 2 heterocycles. The summed E-state index contributed by atoms with van der Waals surface area (Å²) in [5, 5.41) is 7.01. The summed E-state index contributed by atoms with van der Waals surface area (Å²) in [4.78, 5) is 4.22. The zero-order valence-corrected chi connectivity index (χ0v) is 10.8. The van der Waals surface area contributed by atoms with Crippen molar-refractivity contribution in [3.8, 4) is 11.4 Å². The van der Waals surface area contributed by atoms with E-state index in [4.69, 9.17) is 9.26 Å². The molecule has 0 unspecified atom stereocenters. The SMILES string of the molecule is C[C@H]1OCCN[C@@H]1c1nc(-c2ccc(F)c(F)c2)no1. The van der Waals surface area contributed by atoms with Gasteiger partial charge in [0.05, 0.1) is 12.7 Å². The molecule has 2 atom stereocenters. The molecule has 0 radical (unpaired) electrons. The average molecular weight is 281 g/mol. The predicted octanol–water partition coefficient (Wildman–Crippen LogP) is 2.06. The summed E-state index contributed by atoms with van der Waals surface area (Å²) in [6.07, 6.45) is -0.0954. The van der Waals surface area contributed by atoms with Crippen LogP contribution in [0.15, 0.2) is 22.7 Å². The molecule has 0 aliphatic carbocycles. The summed E-state index contributed by atoms with van der Waals surface area (Å²) in [5.74, 6) is -1.26. The second-order valence-electron chi connectivity index (χ2n) is 4.59. The molecule has 1 saturated heterocycles. The smallest absolute Gasteiger partial charge is 0.246 e. The number of hydrogen-bond donors (Lipinski definition) is 1. The van der Waals surface area contributed by atoms with E-state index in [0.717, 1.165) is 12.1 Å². The molecule has 0 amide bonds. The molecule has 1 N–H and O–H groups in total. The minimum atomic E-state index is -0.943. The third kappa shape index (κ3) is 2.41. The summed E-state index contributed by atoms with van der Waals surface area (Å²) in [6.45, 7) is 3.22. The number of halogens is 2. The number of benzene rings is 1. The maximum absolute atomic E-state index is 13.2. The Labute approximate surface area is 113 Å². The number of hydrogen-bond acceptors (Lipinski definition) is 5. The molecule has 1 aliphatic heterocycles. The molecular weight excluding hydrogens is 268 g/mol. The molecule has 106 valence electrons. The van der Waals surface area contributed by atoms with Crippen LogP contribution in [0.4, 0.5) is 8.78 Å². The Bertz CT molecular complexity index is 617. The Hall–Kier alpha value is -1.86. The van der Waals surface area contributed by atoms with Gasteiger partial charge in [-0.2, -0.15) is 4.98 Å². The minimum absolute atomic E-state index is 0.0954. The van der Waals surface area contributed by atoms with Crippen LogP contribution >= 0.6 is 0 Å². The van der Waals surface area contributed by atoms with Gasteiger partial charge in [-0.15, -0.1) is 0 Å². The van der Waals surface area contributed by atoms with Crippen molar-refractivity contribution in [2.75, 3.05) is 13.2 Å². The van der Waals surface area contributed by atoms with E-state index in [0.29, 0.717) is 24.6 Å². The van der Waals surface area contributed by atoms with E-state index in [-0.39, 0.29) is 18.0 Å². The van der Waals surface area contributed by atoms with Gasteiger partial charge in [0, 0.05) is 12.1 Å². The second kappa shape index (κ2) is 5.26. The quantitative estimate of drug-likeness (QED) is 0.913. The van der Waals surface area contributed by atoms with Gasteiger partial charge in [-0.25, -0.2) is 8.78 Å². The largest absolute Gasteiger partial charge is 0.375 e. The van der Waals surface area contributed by atoms with E-state index in [1.54, 1.807) is 0 Å². The van der Waals surface area contributed by atoms with Crippen LogP contribution in [-0.4, -0.2) is 29.4 Å². The Morgan fingerprint density at radius 1 is 1.30 bits per heavy atom. The Morgan fingerprint density at radius 2 is 2.15 bits per heavy atom. The van der Waals surface area contributed by atoms with E-state index >= 15 is 0 Å². The summed E-state index contributed by atoms with van der Waals surface area (Å²) in [7, 11) is 0. The topological polar surface area (TPSA) is 60.2 Å². The lowest BCUT2D eigenvalue weighted by molar-refractivity contribution is -0.00136. The van der Waals surface area contributed by atoms with Gasteiger partial charge in [0.1, 0.15) is 6.04 Å². The van der Waals surface area contributed by atoms with Crippen molar-refractivity contribution in [2.24, 2.45) is 0 Å². The van der Waals surface area contributed by atoms with E-state index in [1.807, 2.05) is 6.92 Å². The highest BCUT2D eigenvalue weighted by atomic mass is 19.2. The van der Waals surface area contributed by atoms with Crippen molar-refractivity contribution >= 4 is 0 Å². The number of rotatable bonds is 2. The van der Waals surface area contributed by atoms with Crippen LogP contribution in [0.3, 0.4) is 0 Å². The highest BCUT2D eigenvalue weighted by Gasteiger charge is 2.28. The standard InChI is InChI=1S/C13H13F2N3O2/c1-7-11(16-4-5-19-7)13-17-12(18-20-13)8-2-3-9(14)10(15)6-8/h2-3,6-7,11,16H,4-5H2,1H3/t7-,11+/m1/s1. The summed E-state index contributed by atoms with van der Waals surface area (Å²) < 4.78 is 36.8. The highest BCUT2D eigenvalue weighted by Crippen LogP contribution is 2.24. The van der Waals surface area contributed by atoms with E-state index in [1.165, 1.54) is 6.07 Å². The molecule has 3 rings (SSSR count). The number of aromatic nitrogens is 2. The van der Waals surface area contributed by atoms with Crippen molar-refractivity contribution in [1.29, 1.82) is 0 Å². The fourth-order valence-corrected chi connectivity index (χ4v) is 2.12. The van der Waals surface area contributed by atoms with Gasteiger partial charge in [-0.3, -0.25) is 0 Å². The fraction of sp³-hybridized carbons (Fsp3) is 0.385. The third-order valence-corrected chi connectivity index (χ3v) is 3.20. The molecule has 7 heteroatoms. The molecule has 1 fully saturated rings. The molecule has 1 aromatic heterocycles. The number of ether oxygens (including phenoxy) is 1. The van der Waals surface area contributed by atoms with Crippen molar-refractivity contribution in [3.05, 3.63) is 35.7 Å². The Kier molecular flexibility index (Phi) is 3.45. The van der Waals surface area contributed by atoms with Gasteiger partial charge in [0.2, 0.25) is 11.7 Å². The van der Waals surface area contributed by atoms with Crippen LogP contribution in [0.2, 0.25) is 0 Å². The van der Waals surface area contributed by atoms with Gasteiger partial charge >= 0.3 is 0 Å². The zero-order chi connectivity index (χ0) is 14.1. The molecular formula is C13H13F2N3O2. The third-order valence-electron chi connectivity index (χ3n) is 3.20. The van der Waals surface area contributed by atoms with Gasteiger partial charge in [0.25, 0.3) is 0 Å². The van der Waals surface area contributed by atoms with Crippen LogP contribution in [0.25, 0.3) is 11.4 Å². The second-order valence-corrected chi connectivity index (χ2v) is 4.59.